The molecule has 0 saturated carbocycles. The van der Waals surface area contributed by atoms with E-state index in [9.17, 15) is 0 Å². The average Bonchev–Trinajstić information content (AvgIpc) is 2.05. The van der Waals surface area contributed by atoms with Gasteiger partial charge in [-0.2, -0.15) is 0 Å². The van der Waals surface area contributed by atoms with E-state index in [0.29, 0.717) is 5.92 Å². The van der Waals surface area contributed by atoms with Crippen molar-refractivity contribution in [3.05, 3.63) is 23.8 Å². The van der Waals surface area contributed by atoms with Gasteiger partial charge in [0.1, 0.15) is 0 Å². The van der Waals surface area contributed by atoms with Crippen LogP contribution < -0.4 is 0 Å². The highest BCUT2D eigenvalue weighted by molar-refractivity contribution is 5.11. The van der Waals surface area contributed by atoms with Crippen molar-refractivity contribution >= 4 is 0 Å². The van der Waals surface area contributed by atoms with Gasteiger partial charge in [0.05, 0.1) is 6.61 Å². The monoisotopic (exact) mass is 170 g/mol. The molecule has 0 heterocycles. The van der Waals surface area contributed by atoms with Crippen molar-refractivity contribution in [1.29, 1.82) is 0 Å². The van der Waals surface area contributed by atoms with Crippen molar-refractivity contribution in [3.63, 3.8) is 0 Å². The summed E-state index contributed by atoms with van der Waals surface area (Å²) < 4.78 is 0. The number of hydrogen-bond donors (Lipinski definition) is 1. The quantitative estimate of drug-likeness (QED) is 0.627. The Bertz CT molecular complexity index is 182. The van der Waals surface area contributed by atoms with Gasteiger partial charge in [-0.25, -0.2) is 0 Å². The summed E-state index contributed by atoms with van der Waals surface area (Å²) in [7, 11) is 0. The molecule has 2 heteroatoms. The van der Waals surface area contributed by atoms with Crippen LogP contribution in [0.15, 0.2) is 23.8 Å². The lowest BCUT2D eigenvalue weighted by molar-refractivity contribution is 0.319. The van der Waals surface area contributed by atoms with Crippen LogP contribution in [0.3, 0.4) is 0 Å². The molecule has 0 aromatic rings. The molecule has 0 bridgehead atoms. The van der Waals surface area contributed by atoms with Crippen molar-refractivity contribution in [2.75, 3.05) is 6.61 Å². The predicted molar refractivity (Wildman–Crippen MR) is 50.9 cm³/mol. The zero-order chi connectivity index (χ0) is 8.27. The Kier molecular flexibility index (Phi) is 4.86. The van der Waals surface area contributed by atoms with E-state index in [1.165, 1.54) is 17.6 Å². The maximum Gasteiger partial charge on any atom is 0.0641 e. The molecule has 1 atom stereocenters. The van der Waals surface area contributed by atoms with E-state index in [4.69, 9.17) is 5.11 Å². The van der Waals surface area contributed by atoms with Crippen molar-refractivity contribution in [2.24, 2.45) is 5.92 Å². The van der Waals surface area contributed by atoms with E-state index >= 15 is 0 Å². The van der Waals surface area contributed by atoms with Gasteiger partial charge in [0.25, 0.3) is 0 Å². The van der Waals surface area contributed by atoms with Gasteiger partial charge in [-0.15, -0.1) is 0 Å². The minimum Gasteiger partial charge on any atom is -0.412 e. The topological polar surface area (TPSA) is 51.7 Å². The number of aliphatic hydroxyl groups is 1. The van der Waals surface area contributed by atoms with Gasteiger partial charge in [-0.3, -0.25) is 0 Å². The van der Waals surface area contributed by atoms with Crippen LogP contribution in [0.4, 0.5) is 0 Å². The first-order valence-electron chi connectivity index (χ1n) is 4.18. The number of hydrogen-bond acceptors (Lipinski definition) is 1. The Balaban J connectivity index is 0.00000121. The maximum absolute atomic E-state index is 8.83. The van der Waals surface area contributed by atoms with Crippen LogP contribution in [0.5, 0.6) is 0 Å². The molecule has 1 unspecified atom stereocenters. The summed E-state index contributed by atoms with van der Waals surface area (Å²) in [6.45, 7) is 6.26. The summed E-state index contributed by atoms with van der Waals surface area (Å²) in [5.74, 6) is 0.658. The largest absolute Gasteiger partial charge is 0.412 e. The molecule has 1 aliphatic rings. The molecule has 1 rings (SSSR count). The minimum atomic E-state index is 0. The van der Waals surface area contributed by atoms with E-state index in [2.05, 4.69) is 19.6 Å². The molecule has 0 amide bonds. The SMILES string of the molecule is C=C(C)C1CC=C(CO)CC1.O. The van der Waals surface area contributed by atoms with Crippen molar-refractivity contribution in [1.82, 2.24) is 0 Å². The van der Waals surface area contributed by atoms with Gasteiger partial charge in [-0.1, -0.05) is 18.2 Å². The molecule has 0 aromatic heterocycles. The van der Waals surface area contributed by atoms with Gasteiger partial charge in [0, 0.05) is 0 Å². The van der Waals surface area contributed by atoms with Crippen LogP contribution in [0.1, 0.15) is 26.2 Å². The molecule has 0 spiro atoms. The molecular formula is C10H18O2. The molecule has 12 heavy (non-hydrogen) atoms. The second-order valence-electron chi connectivity index (χ2n) is 3.34. The standard InChI is InChI=1S/C10H16O.H2O/c1-8(2)10-5-3-9(7-11)4-6-10;/h3,10-11H,1,4-7H2,2H3;1H2. The summed E-state index contributed by atoms with van der Waals surface area (Å²) in [6.07, 6.45) is 5.45. The Morgan fingerprint density at radius 3 is 2.75 bits per heavy atom. The van der Waals surface area contributed by atoms with Crippen LogP contribution in [0.25, 0.3) is 0 Å². The summed E-state index contributed by atoms with van der Waals surface area (Å²) >= 11 is 0. The third-order valence-electron chi connectivity index (χ3n) is 2.40. The summed E-state index contributed by atoms with van der Waals surface area (Å²) in [5, 5.41) is 8.83. The van der Waals surface area contributed by atoms with Gasteiger partial charge >= 0.3 is 0 Å². The summed E-state index contributed by atoms with van der Waals surface area (Å²) in [5.41, 5.74) is 2.47. The van der Waals surface area contributed by atoms with Crippen LogP contribution in [0.2, 0.25) is 0 Å². The Labute approximate surface area is 73.9 Å². The zero-order valence-corrected chi connectivity index (χ0v) is 7.64. The van der Waals surface area contributed by atoms with Gasteiger partial charge in [0.2, 0.25) is 0 Å². The molecule has 3 N–H and O–H groups in total. The van der Waals surface area contributed by atoms with Crippen LogP contribution in [-0.4, -0.2) is 17.2 Å². The van der Waals surface area contributed by atoms with Gasteiger partial charge in [-0.05, 0) is 37.7 Å². The molecule has 0 aromatic carbocycles. The first-order valence-corrected chi connectivity index (χ1v) is 4.18. The van der Waals surface area contributed by atoms with Crippen molar-refractivity contribution in [3.8, 4) is 0 Å². The average molecular weight is 170 g/mol. The molecule has 0 aliphatic heterocycles. The maximum atomic E-state index is 8.83. The molecule has 0 saturated heterocycles. The molecular weight excluding hydrogens is 152 g/mol. The predicted octanol–water partition coefficient (Wildman–Crippen LogP) is 1.46. The number of aliphatic hydroxyl groups excluding tert-OH is 1. The third-order valence-corrected chi connectivity index (χ3v) is 2.40. The summed E-state index contributed by atoms with van der Waals surface area (Å²) in [4.78, 5) is 0. The molecule has 70 valence electrons. The Morgan fingerprint density at radius 2 is 2.42 bits per heavy atom. The highest BCUT2D eigenvalue weighted by atomic mass is 16.3. The van der Waals surface area contributed by atoms with Crippen LogP contribution >= 0.6 is 0 Å². The first kappa shape index (κ1) is 11.4. The fourth-order valence-corrected chi connectivity index (χ4v) is 1.48. The van der Waals surface area contributed by atoms with Crippen molar-refractivity contribution < 1.29 is 10.6 Å². The normalized spacial score (nSPS) is 22.5. The van der Waals surface area contributed by atoms with E-state index in [0.717, 1.165) is 12.8 Å². The fourth-order valence-electron chi connectivity index (χ4n) is 1.48. The smallest absolute Gasteiger partial charge is 0.0641 e. The molecule has 0 radical (unpaired) electrons. The fraction of sp³-hybridized carbons (Fsp3) is 0.600. The van der Waals surface area contributed by atoms with Crippen molar-refractivity contribution in [2.45, 2.75) is 26.2 Å². The van der Waals surface area contributed by atoms with E-state index in [1.54, 1.807) is 0 Å². The van der Waals surface area contributed by atoms with Gasteiger partial charge in [0.15, 0.2) is 0 Å². The third kappa shape index (κ3) is 2.80. The highest BCUT2D eigenvalue weighted by Crippen LogP contribution is 2.27. The molecule has 0 fully saturated rings. The zero-order valence-electron chi connectivity index (χ0n) is 7.64. The highest BCUT2D eigenvalue weighted by Gasteiger charge is 2.13. The number of allylic oxidation sites excluding steroid dienone is 2. The minimum absolute atomic E-state index is 0. The van der Waals surface area contributed by atoms with E-state index in [1.807, 2.05) is 0 Å². The van der Waals surface area contributed by atoms with Crippen LogP contribution in [-0.2, 0) is 0 Å². The molecule has 1 aliphatic carbocycles. The van der Waals surface area contributed by atoms with Gasteiger partial charge < -0.3 is 10.6 Å². The Hall–Kier alpha value is -0.600. The Morgan fingerprint density at radius 1 is 1.75 bits per heavy atom. The van der Waals surface area contributed by atoms with Crippen LogP contribution in [0, 0.1) is 5.92 Å². The second-order valence-corrected chi connectivity index (χ2v) is 3.34. The van der Waals surface area contributed by atoms with E-state index < -0.39 is 0 Å². The lowest BCUT2D eigenvalue weighted by Gasteiger charge is -2.20. The van der Waals surface area contributed by atoms with E-state index in [-0.39, 0.29) is 12.1 Å². The number of rotatable bonds is 2. The summed E-state index contributed by atoms with van der Waals surface area (Å²) in [6, 6.07) is 0. The lowest BCUT2D eigenvalue weighted by atomic mass is 9.86. The second kappa shape index (κ2) is 5.12. The lowest BCUT2D eigenvalue weighted by Crippen LogP contribution is -2.07. The first-order chi connectivity index (χ1) is 5.24. The molecule has 2 nitrogen and oxygen atoms in total.